The molecule has 0 aliphatic heterocycles. The Bertz CT molecular complexity index is 289. The molecule has 0 atom stereocenters. The van der Waals surface area contributed by atoms with Gasteiger partial charge in [-0.3, -0.25) is 4.68 Å². The minimum Gasteiger partial charge on any atom is -0.303 e. The SMILES string of the molecule is CC(C)c1cc(CCC=O)n(C)n1. The zero-order chi connectivity index (χ0) is 9.84. The van der Waals surface area contributed by atoms with Crippen molar-refractivity contribution in [2.75, 3.05) is 0 Å². The Morgan fingerprint density at radius 3 is 2.77 bits per heavy atom. The number of aryl methyl sites for hydroxylation is 2. The predicted octanol–water partition coefficient (Wildman–Crippen LogP) is 1.68. The summed E-state index contributed by atoms with van der Waals surface area (Å²) in [7, 11) is 1.92. The van der Waals surface area contributed by atoms with Crippen molar-refractivity contribution in [1.82, 2.24) is 9.78 Å². The highest BCUT2D eigenvalue weighted by atomic mass is 16.1. The minimum absolute atomic E-state index is 0.455. The molecule has 0 spiro atoms. The lowest BCUT2D eigenvalue weighted by atomic mass is 10.1. The van der Waals surface area contributed by atoms with Gasteiger partial charge in [0.05, 0.1) is 5.69 Å². The highest BCUT2D eigenvalue weighted by Crippen LogP contribution is 2.14. The molecule has 13 heavy (non-hydrogen) atoms. The summed E-state index contributed by atoms with van der Waals surface area (Å²) in [6.07, 6.45) is 2.32. The van der Waals surface area contributed by atoms with Gasteiger partial charge in [-0.15, -0.1) is 0 Å². The second kappa shape index (κ2) is 4.21. The van der Waals surface area contributed by atoms with Crippen LogP contribution >= 0.6 is 0 Å². The van der Waals surface area contributed by atoms with Crippen molar-refractivity contribution in [2.24, 2.45) is 7.05 Å². The predicted molar refractivity (Wildman–Crippen MR) is 51.7 cm³/mol. The number of aldehydes is 1. The van der Waals surface area contributed by atoms with Crippen LogP contribution in [-0.4, -0.2) is 16.1 Å². The Balaban J connectivity index is 2.77. The number of hydrogen-bond acceptors (Lipinski definition) is 2. The van der Waals surface area contributed by atoms with Gasteiger partial charge in [-0.05, 0) is 18.4 Å². The smallest absolute Gasteiger partial charge is 0.120 e. The van der Waals surface area contributed by atoms with E-state index >= 15 is 0 Å². The maximum absolute atomic E-state index is 10.2. The van der Waals surface area contributed by atoms with Crippen molar-refractivity contribution in [2.45, 2.75) is 32.6 Å². The summed E-state index contributed by atoms with van der Waals surface area (Å²) >= 11 is 0. The number of nitrogens with zero attached hydrogens (tertiary/aromatic N) is 2. The van der Waals surface area contributed by atoms with Gasteiger partial charge < -0.3 is 4.79 Å². The van der Waals surface area contributed by atoms with Crippen LogP contribution in [0.5, 0.6) is 0 Å². The molecule has 0 N–H and O–H groups in total. The van der Waals surface area contributed by atoms with Crippen molar-refractivity contribution in [3.8, 4) is 0 Å². The summed E-state index contributed by atoms with van der Waals surface area (Å²) in [6, 6.07) is 2.08. The number of aromatic nitrogens is 2. The summed E-state index contributed by atoms with van der Waals surface area (Å²) in [5.74, 6) is 0.455. The van der Waals surface area contributed by atoms with Crippen LogP contribution in [0, 0.1) is 0 Å². The Labute approximate surface area is 78.8 Å². The van der Waals surface area contributed by atoms with E-state index in [4.69, 9.17) is 0 Å². The molecule has 72 valence electrons. The Hall–Kier alpha value is -1.12. The van der Waals surface area contributed by atoms with Crippen LogP contribution in [0.25, 0.3) is 0 Å². The molecular formula is C10H16N2O. The van der Waals surface area contributed by atoms with Crippen molar-refractivity contribution >= 4 is 6.29 Å². The molecule has 0 radical (unpaired) electrons. The zero-order valence-corrected chi connectivity index (χ0v) is 8.45. The maximum atomic E-state index is 10.2. The average Bonchev–Trinajstić information content (AvgIpc) is 2.44. The van der Waals surface area contributed by atoms with Crippen LogP contribution < -0.4 is 0 Å². The second-order valence-corrected chi connectivity index (χ2v) is 3.54. The summed E-state index contributed by atoms with van der Waals surface area (Å²) in [6.45, 7) is 4.23. The third kappa shape index (κ3) is 2.41. The summed E-state index contributed by atoms with van der Waals surface area (Å²) in [4.78, 5) is 10.2. The number of carbonyl (C=O) groups is 1. The van der Waals surface area contributed by atoms with Gasteiger partial charge in [0.15, 0.2) is 0 Å². The first-order valence-electron chi connectivity index (χ1n) is 4.61. The van der Waals surface area contributed by atoms with E-state index in [1.807, 2.05) is 11.7 Å². The van der Waals surface area contributed by atoms with Gasteiger partial charge in [0, 0.05) is 19.2 Å². The lowest BCUT2D eigenvalue weighted by molar-refractivity contribution is -0.107. The largest absolute Gasteiger partial charge is 0.303 e. The van der Waals surface area contributed by atoms with E-state index in [0.29, 0.717) is 12.3 Å². The molecule has 1 heterocycles. The number of rotatable bonds is 4. The molecule has 3 nitrogen and oxygen atoms in total. The van der Waals surface area contributed by atoms with Gasteiger partial charge in [-0.1, -0.05) is 13.8 Å². The fourth-order valence-corrected chi connectivity index (χ4v) is 1.25. The fraction of sp³-hybridized carbons (Fsp3) is 0.600. The molecule has 0 unspecified atom stereocenters. The average molecular weight is 180 g/mol. The first kappa shape index (κ1) is 9.96. The highest BCUT2D eigenvalue weighted by Gasteiger charge is 2.07. The molecule has 3 heteroatoms. The molecule has 0 saturated heterocycles. The summed E-state index contributed by atoms with van der Waals surface area (Å²) in [5.41, 5.74) is 2.24. The van der Waals surface area contributed by atoms with E-state index in [0.717, 1.165) is 24.1 Å². The van der Waals surface area contributed by atoms with Gasteiger partial charge in [-0.25, -0.2) is 0 Å². The molecule has 1 rings (SSSR count). The van der Waals surface area contributed by atoms with Gasteiger partial charge in [-0.2, -0.15) is 5.10 Å². The Morgan fingerprint density at radius 1 is 1.62 bits per heavy atom. The molecule has 0 fully saturated rings. The molecule has 0 aliphatic rings. The van der Waals surface area contributed by atoms with Gasteiger partial charge in [0.2, 0.25) is 0 Å². The Kier molecular flexibility index (Phi) is 3.23. The molecule has 0 aliphatic carbocycles. The summed E-state index contributed by atoms with van der Waals surface area (Å²) in [5, 5.41) is 4.36. The van der Waals surface area contributed by atoms with Crippen LogP contribution in [0.4, 0.5) is 0 Å². The molecule has 1 aromatic rings. The second-order valence-electron chi connectivity index (χ2n) is 3.54. The minimum atomic E-state index is 0.455. The molecule has 0 saturated carbocycles. The van der Waals surface area contributed by atoms with Gasteiger partial charge in [0.25, 0.3) is 0 Å². The van der Waals surface area contributed by atoms with Gasteiger partial charge >= 0.3 is 0 Å². The van der Waals surface area contributed by atoms with E-state index in [-0.39, 0.29) is 0 Å². The van der Waals surface area contributed by atoms with E-state index < -0.39 is 0 Å². The third-order valence-electron chi connectivity index (χ3n) is 2.11. The number of carbonyl (C=O) groups excluding carboxylic acids is 1. The summed E-state index contributed by atoms with van der Waals surface area (Å²) < 4.78 is 1.86. The normalized spacial score (nSPS) is 10.8. The molecule has 0 amide bonds. The topological polar surface area (TPSA) is 34.9 Å². The monoisotopic (exact) mass is 180 g/mol. The number of hydrogen-bond donors (Lipinski definition) is 0. The first-order chi connectivity index (χ1) is 6.15. The lowest BCUT2D eigenvalue weighted by Crippen LogP contribution is -1.98. The molecule has 1 aromatic heterocycles. The van der Waals surface area contributed by atoms with Crippen LogP contribution in [0.15, 0.2) is 6.07 Å². The molecule has 0 aromatic carbocycles. The van der Waals surface area contributed by atoms with Gasteiger partial charge in [0.1, 0.15) is 6.29 Å². The fourth-order valence-electron chi connectivity index (χ4n) is 1.25. The van der Waals surface area contributed by atoms with E-state index in [2.05, 4.69) is 25.0 Å². The van der Waals surface area contributed by atoms with Crippen LogP contribution in [0.3, 0.4) is 0 Å². The zero-order valence-electron chi connectivity index (χ0n) is 8.45. The first-order valence-corrected chi connectivity index (χ1v) is 4.61. The van der Waals surface area contributed by atoms with Crippen molar-refractivity contribution < 1.29 is 4.79 Å². The lowest BCUT2D eigenvalue weighted by Gasteiger charge is -1.96. The van der Waals surface area contributed by atoms with Crippen LogP contribution in [-0.2, 0) is 18.3 Å². The quantitative estimate of drug-likeness (QED) is 0.661. The van der Waals surface area contributed by atoms with E-state index in [9.17, 15) is 4.79 Å². The highest BCUT2D eigenvalue weighted by molar-refractivity contribution is 5.49. The van der Waals surface area contributed by atoms with E-state index in [1.165, 1.54) is 0 Å². The maximum Gasteiger partial charge on any atom is 0.120 e. The third-order valence-corrected chi connectivity index (χ3v) is 2.11. The Morgan fingerprint density at radius 2 is 2.31 bits per heavy atom. The molecular weight excluding hydrogens is 164 g/mol. The van der Waals surface area contributed by atoms with Crippen LogP contribution in [0.1, 0.15) is 37.6 Å². The van der Waals surface area contributed by atoms with Crippen molar-refractivity contribution in [3.63, 3.8) is 0 Å². The standard InChI is InChI=1S/C10H16N2O/c1-8(2)10-7-9(5-4-6-13)12(3)11-10/h6-8H,4-5H2,1-3H3. The van der Waals surface area contributed by atoms with Crippen molar-refractivity contribution in [1.29, 1.82) is 0 Å². The van der Waals surface area contributed by atoms with E-state index in [1.54, 1.807) is 0 Å². The van der Waals surface area contributed by atoms with Crippen molar-refractivity contribution in [3.05, 3.63) is 17.5 Å². The van der Waals surface area contributed by atoms with Crippen LogP contribution in [0.2, 0.25) is 0 Å². The molecule has 0 bridgehead atoms.